The van der Waals surface area contributed by atoms with Crippen LogP contribution in [0.25, 0.3) is 10.8 Å². The average Bonchev–Trinajstić information content (AvgIpc) is 3.01. The first-order valence-electron chi connectivity index (χ1n) is 11.8. The fraction of sp³-hybridized carbons (Fsp3) is 0.379. The first-order chi connectivity index (χ1) is 15.7. The fourth-order valence-electron chi connectivity index (χ4n) is 5.77. The van der Waals surface area contributed by atoms with Gasteiger partial charge in [-0.2, -0.15) is 0 Å². The monoisotopic (exact) mass is 441 g/mol. The Morgan fingerprint density at radius 3 is 2.45 bits per heavy atom. The van der Waals surface area contributed by atoms with Gasteiger partial charge < -0.3 is 10.0 Å². The second kappa shape index (κ2) is 7.81. The fourth-order valence-corrected chi connectivity index (χ4v) is 5.77. The lowest BCUT2D eigenvalue weighted by Crippen LogP contribution is -2.51. The molecule has 3 aromatic rings. The molecule has 1 heterocycles. The van der Waals surface area contributed by atoms with Crippen molar-refractivity contribution in [1.82, 2.24) is 0 Å². The molecular weight excluding hydrogens is 410 g/mol. The van der Waals surface area contributed by atoms with Crippen LogP contribution in [-0.4, -0.2) is 16.8 Å². The van der Waals surface area contributed by atoms with Crippen molar-refractivity contribution < 1.29 is 14.7 Å². The quantitative estimate of drug-likeness (QED) is 0.575. The second-order valence-electron chi connectivity index (χ2n) is 10.7. The van der Waals surface area contributed by atoms with Crippen molar-refractivity contribution in [2.75, 3.05) is 4.90 Å². The van der Waals surface area contributed by atoms with Gasteiger partial charge in [0.2, 0.25) is 0 Å². The molecule has 3 aromatic carbocycles. The normalized spacial score (nSPS) is 25.5. The van der Waals surface area contributed by atoms with Crippen molar-refractivity contribution in [3.8, 4) is 0 Å². The summed E-state index contributed by atoms with van der Waals surface area (Å²) in [5.74, 6) is -0.837. The largest absolute Gasteiger partial charge is 0.375 e. The van der Waals surface area contributed by atoms with E-state index in [0.29, 0.717) is 30.6 Å². The maximum absolute atomic E-state index is 13.9. The summed E-state index contributed by atoms with van der Waals surface area (Å²) in [7, 11) is 0. The molecule has 33 heavy (non-hydrogen) atoms. The van der Waals surface area contributed by atoms with Crippen molar-refractivity contribution in [3.63, 3.8) is 0 Å². The third kappa shape index (κ3) is 3.48. The van der Waals surface area contributed by atoms with Crippen LogP contribution in [0, 0.1) is 17.3 Å². The summed E-state index contributed by atoms with van der Waals surface area (Å²) in [4.78, 5) is 28.7. The zero-order valence-electron chi connectivity index (χ0n) is 19.5. The predicted octanol–water partition coefficient (Wildman–Crippen LogP) is 5.61. The Morgan fingerprint density at radius 2 is 1.67 bits per heavy atom. The van der Waals surface area contributed by atoms with Gasteiger partial charge in [-0.15, -0.1) is 0 Å². The van der Waals surface area contributed by atoms with Crippen LogP contribution in [0.3, 0.4) is 0 Å². The maximum atomic E-state index is 13.9. The number of hydrogen-bond acceptors (Lipinski definition) is 3. The number of carbonyl (C=O) groups is 2. The highest BCUT2D eigenvalue weighted by atomic mass is 16.3. The Labute approximate surface area is 195 Å². The number of carbonyl (C=O) groups excluding carboxylic acids is 2. The minimum Gasteiger partial charge on any atom is -0.375 e. The number of aliphatic hydroxyl groups is 1. The highest BCUT2D eigenvalue weighted by molar-refractivity contribution is 6.09. The molecule has 1 N–H and O–H groups in total. The Morgan fingerprint density at radius 1 is 0.970 bits per heavy atom. The van der Waals surface area contributed by atoms with E-state index >= 15 is 0 Å². The van der Waals surface area contributed by atoms with Crippen LogP contribution in [0.15, 0.2) is 66.7 Å². The summed E-state index contributed by atoms with van der Waals surface area (Å²) < 4.78 is 0. The first kappa shape index (κ1) is 21.8. The number of Topliss-reactive ketones (excluding diaryl/α,β-unsaturated/α-hetero) is 1. The van der Waals surface area contributed by atoms with E-state index < -0.39 is 11.5 Å². The molecule has 0 unspecified atom stereocenters. The number of para-hydroxylation sites is 1. The van der Waals surface area contributed by atoms with Crippen LogP contribution in [0.2, 0.25) is 0 Å². The zero-order valence-corrected chi connectivity index (χ0v) is 19.5. The third-order valence-electron chi connectivity index (χ3n) is 7.76. The molecule has 0 saturated heterocycles. The van der Waals surface area contributed by atoms with E-state index in [0.717, 1.165) is 22.8 Å². The summed E-state index contributed by atoms with van der Waals surface area (Å²) in [5, 5.41) is 14.2. The third-order valence-corrected chi connectivity index (χ3v) is 7.76. The predicted molar refractivity (Wildman–Crippen MR) is 131 cm³/mol. The standard InChI is InChI=1S/C29H31NO3/c1-28(2,3)21-15-16-26(31)24(17-21)29(33)23-13-6-7-14-25(23)30(27(29)32)18-20-11-8-10-19-9-4-5-12-22(19)20/h4-14,21,24,33H,15-18H2,1-3H3/t21-,24+,29+/m1/s1. The van der Waals surface area contributed by atoms with E-state index in [4.69, 9.17) is 0 Å². The van der Waals surface area contributed by atoms with Crippen molar-refractivity contribution in [2.24, 2.45) is 17.3 Å². The van der Waals surface area contributed by atoms with Gasteiger partial charge in [-0.25, -0.2) is 0 Å². The molecule has 4 nitrogen and oxygen atoms in total. The number of amides is 1. The van der Waals surface area contributed by atoms with Crippen molar-refractivity contribution >= 4 is 28.2 Å². The number of nitrogens with zero attached hydrogens (tertiary/aromatic N) is 1. The number of rotatable bonds is 3. The molecule has 170 valence electrons. The molecule has 1 aliphatic carbocycles. The van der Waals surface area contributed by atoms with Crippen LogP contribution in [0.4, 0.5) is 5.69 Å². The van der Waals surface area contributed by atoms with Gasteiger partial charge >= 0.3 is 0 Å². The van der Waals surface area contributed by atoms with Crippen LogP contribution >= 0.6 is 0 Å². The minimum atomic E-state index is -1.82. The minimum absolute atomic E-state index is 0.00633. The smallest absolute Gasteiger partial charge is 0.264 e. The number of anilines is 1. The Balaban J connectivity index is 1.57. The van der Waals surface area contributed by atoms with E-state index in [1.54, 1.807) is 4.90 Å². The van der Waals surface area contributed by atoms with Crippen LogP contribution < -0.4 is 4.90 Å². The van der Waals surface area contributed by atoms with E-state index in [1.165, 1.54) is 0 Å². The summed E-state index contributed by atoms with van der Waals surface area (Å²) in [6, 6.07) is 21.6. The van der Waals surface area contributed by atoms with Crippen LogP contribution in [0.1, 0.15) is 51.2 Å². The zero-order chi connectivity index (χ0) is 23.4. The molecule has 1 fully saturated rings. The number of hydrogen-bond donors (Lipinski definition) is 1. The van der Waals surface area contributed by atoms with Crippen LogP contribution in [-0.2, 0) is 21.7 Å². The van der Waals surface area contributed by atoms with Gasteiger partial charge in [0.1, 0.15) is 5.78 Å². The molecular formula is C29H31NO3. The molecule has 2 aliphatic rings. The molecule has 4 heteroatoms. The van der Waals surface area contributed by atoms with Gasteiger partial charge in [0, 0.05) is 12.0 Å². The van der Waals surface area contributed by atoms with Crippen molar-refractivity contribution in [2.45, 2.75) is 52.2 Å². The average molecular weight is 442 g/mol. The van der Waals surface area contributed by atoms with Crippen molar-refractivity contribution in [3.05, 3.63) is 77.9 Å². The summed E-state index contributed by atoms with van der Waals surface area (Å²) in [6.45, 7) is 6.87. The summed E-state index contributed by atoms with van der Waals surface area (Å²) >= 11 is 0. The molecule has 3 atom stereocenters. The van der Waals surface area contributed by atoms with Gasteiger partial charge in [-0.1, -0.05) is 81.4 Å². The Bertz CT molecular complexity index is 1240. The highest BCUT2D eigenvalue weighted by Gasteiger charge is 2.58. The SMILES string of the molecule is CC(C)(C)[C@@H]1CCC(=O)[C@@H]([C@]2(O)C(=O)N(Cc3cccc4ccccc34)c3ccccc32)C1. The van der Waals surface area contributed by atoms with Crippen LogP contribution in [0.5, 0.6) is 0 Å². The number of ketones is 1. The van der Waals surface area contributed by atoms with Gasteiger partial charge in [0.15, 0.2) is 5.60 Å². The van der Waals surface area contributed by atoms with Gasteiger partial charge in [-0.3, -0.25) is 9.59 Å². The molecule has 0 radical (unpaired) electrons. The van der Waals surface area contributed by atoms with Gasteiger partial charge in [0.25, 0.3) is 5.91 Å². The molecule has 0 spiro atoms. The molecule has 5 rings (SSSR count). The van der Waals surface area contributed by atoms with Gasteiger partial charge in [-0.05, 0) is 46.6 Å². The molecule has 1 amide bonds. The number of benzene rings is 3. The first-order valence-corrected chi connectivity index (χ1v) is 11.8. The molecule has 1 saturated carbocycles. The lowest BCUT2D eigenvalue weighted by Gasteiger charge is -2.41. The summed E-state index contributed by atoms with van der Waals surface area (Å²) in [5.41, 5.74) is 0.469. The van der Waals surface area contributed by atoms with Crippen molar-refractivity contribution in [1.29, 1.82) is 0 Å². The second-order valence-corrected chi connectivity index (χ2v) is 10.7. The van der Waals surface area contributed by atoms with E-state index in [9.17, 15) is 14.7 Å². The topological polar surface area (TPSA) is 57.6 Å². The van der Waals surface area contributed by atoms with E-state index in [2.05, 4.69) is 39.0 Å². The Kier molecular flexibility index (Phi) is 5.17. The Hall–Kier alpha value is -2.98. The van der Waals surface area contributed by atoms with E-state index in [-0.39, 0.29) is 23.0 Å². The maximum Gasteiger partial charge on any atom is 0.264 e. The van der Waals surface area contributed by atoms with Gasteiger partial charge in [0.05, 0.1) is 18.2 Å². The highest BCUT2D eigenvalue weighted by Crippen LogP contribution is 2.51. The number of fused-ring (bicyclic) bond motifs is 2. The van der Waals surface area contributed by atoms with E-state index in [1.807, 2.05) is 48.5 Å². The molecule has 0 bridgehead atoms. The lowest BCUT2D eigenvalue weighted by atomic mass is 9.63. The molecule has 0 aromatic heterocycles. The lowest BCUT2D eigenvalue weighted by molar-refractivity contribution is -0.154. The summed E-state index contributed by atoms with van der Waals surface area (Å²) in [6.07, 6.45) is 1.75. The molecule has 1 aliphatic heterocycles.